The summed E-state index contributed by atoms with van der Waals surface area (Å²) in [6, 6.07) is 8.69. The molecule has 0 amide bonds. The molecule has 0 heterocycles. The number of hydrogen-bond acceptors (Lipinski definition) is 4. The van der Waals surface area contributed by atoms with Crippen LogP contribution in [0.1, 0.15) is 20.3 Å². The van der Waals surface area contributed by atoms with Gasteiger partial charge in [0.25, 0.3) is 0 Å². The molecule has 0 bridgehead atoms. The molecule has 6 heteroatoms. The van der Waals surface area contributed by atoms with E-state index in [1.165, 1.54) is 13.8 Å². The van der Waals surface area contributed by atoms with Gasteiger partial charge in [0.1, 0.15) is 4.71 Å². The Morgan fingerprint density at radius 2 is 1.89 bits per heavy atom. The van der Waals surface area contributed by atoms with E-state index < -0.39 is 20.6 Å². The maximum absolute atomic E-state index is 11.6. The molecular formula is C13H18ClNO3S. The minimum Gasteiger partial charge on any atom is -0.375 e. The SMILES string of the molecule is CC(=O)C(CCS(=O)(=O)C(C)Cl)Nc1ccccc1. The van der Waals surface area contributed by atoms with Crippen LogP contribution < -0.4 is 5.32 Å². The molecule has 0 aliphatic carbocycles. The predicted molar refractivity (Wildman–Crippen MR) is 78.3 cm³/mol. The molecular weight excluding hydrogens is 286 g/mol. The zero-order valence-corrected chi connectivity index (χ0v) is 12.5. The summed E-state index contributed by atoms with van der Waals surface area (Å²) >= 11 is 5.60. The average molecular weight is 304 g/mol. The van der Waals surface area contributed by atoms with Gasteiger partial charge in [-0.3, -0.25) is 4.79 Å². The lowest BCUT2D eigenvalue weighted by Crippen LogP contribution is -2.31. The summed E-state index contributed by atoms with van der Waals surface area (Å²) in [6.45, 7) is 2.86. The van der Waals surface area contributed by atoms with Gasteiger partial charge in [0.05, 0.1) is 11.8 Å². The Morgan fingerprint density at radius 1 is 1.32 bits per heavy atom. The van der Waals surface area contributed by atoms with E-state index in [4.69, 9.17) is 11.6 Å². The summed E-state index contributed by atoms with van der Waals surface area (Å²) in [7, 11) is -3.35. The number of para-hydroxylation sites is 1. The van der Waals surface area contributed by atoms with Crippen molar-refractivity contribution in [3.63, 3.8) is 0 Å². The lowest BCUT2D eigenvalue weighted by atomic mass is 10.1. The Hall–Kier alpha value is -1.07. The van der Waals surface area contributed by atoms with Gasteiger partial charge in [-0.15, -0.1) is 11.6 Å². The normalized spacial score (nSPS) is 14.7. The van der Waals surface area contributed by atoms with Gasteiger partial charge in [-0.25, -0.2) is 8.42 Å². The molecule has 0 fully saturated rings. The van der Waals surface area contributed by atoms with Gasteiger partial charge in [0.15, 0.2) is 15.6 Å². The van der Waals surface area contributed by atoms with Crippen LogP contribution in [0.15, 0.2) is 30.3 Å². The number of alkyl halides is 1. The molecule has 0 aliphatic heterocycles. The highest BCUT2D eigenvalue weighted by Gasteiger charge is 2.22. The largest absolute Gasteiger partial charge is 0.375 e. The Kier molecular flexibility index (Phi) is 5.82. The lowest BCUT2D eigenvalue weighted by Gasteiger charge is -2.17. The Labute approximate surface area is 119 Å². The third kappa shape index (κ3) is 5.20. The maximum Gasteiger partial charge on any atom is 0.166 e. The second-order valence-electron chi connectivity index (χ2n) is 4.37. The molecule has 2 unspecified atom stereocenters. The first-order chi connectivity index (χ1) is 8.83. The predicted octanol–water partition coefficient (Wildman–Crippen LogP) is 2.45. The third-order valence-corrected chi connectivity index (χ3v) is 5.40. The Morgan fingerprint density at radius 3 is 2.37 bits per heavy atom. The summed E-state index contributed by atoms with van der Waals surface area (Å²) in [4.78, 5) is 11.5. The monoisotopic (exact) mass is 303 g/mol. The molecule has 1 N–H and O–H groups in total. The van der Waals surface area contributed by atoms with Crippen molar-refractivity contribution in [3.05, 3.63) is 30.3 Å². The summed E-state index contributed by atoms with van der Waals surface area (Å²) in [5.74, 6) is -0.205. The summed E-state index contributed by atoms with van der Waals surface area (Å²) in [5.41, 5.74) is 0.791. The highest BCUT2D eigenvalue weighted by atomic mass is 35.5. The Balaban J connectivity index is 2.68. The standard InChI is InChI=1S/C13H18ClNO3S/c1-10(16)13(8-9-19(17,18)11(2)14)15-12-6-4-3-5-7-12/h3-7,11,13,15H,8-9H2,1-2H3. The van der Waals surface area contributed by atoms with Crippen molar-refractivity contribution in [2.45, 2.75) is 31.0 Å². The summed E-state index contributed by atoms with van der Waals surface area (Å²) < 4.78 is 22.3. The fraction of sp³-hybridized carbons (Fsp3) is 0.462. The third-order valence-electron chi connectivity index (χ3n) is 2.79. The number of carbonyl (C=O) groups excluding carboxylic acids is 1. The molecule has 0 aromatic heterocycles. The number of ketones is 1. The number of sulfone groups is 1. The number of benzene rings is 1. The quantitative estimate of drug-likeness (QED) is 0.786. The van der Waals surface area contributed by atoms with Gasteiger partial charge in [0.2, 0.25) is 0 Å². The summed E-state index contributed by atoms with van der Waals surface area (Å²) in [6.07, 6.45) is 0.212. The molecule has 1 aromatic carbocycles. The number of hydrogen-bond donors (Lipinski definition) is 1. The molecule has 0 radical (unpaired) electrons. The highest BCUT2D eigenvalue weighted by molar-refractivity contribution is 7.93. The van der Waals surface area contributed by atoms with Crippen LogP contribution in [0.4, 0.5) is 5.69 Å². The van der Waals surface area contributed by atoms with Crippen LogP contribution in [0, 0.1) is 0 Å². The van der Waals surface area contributed by atoms with Crippen molar-refractivity contribution in [2.75, 3.05) is 11.1 Å². The van der Waals surface area contributed by atoms with Gasteiger partial charge in [-0.2, -0.15) is 0 Å². The van der Waals surface area contributed by atoms with Crippen molar-refractivity contribution < 1.29 is 13.2 Å². The number of halogens is 1. The molecule has 19 heavy (non-hydrogen) atoms. The maximum atomic E-state index is 11.6. The highest BCUT2D eigenvalue weighted by Crippen LogP contribution is 2.13. The molecule has 0 saturated heterocycles. The van der Waals surface area contributed by atoms with Crippen molar-refractivity contribution in [2.24, 2.45) is 0 Å². The first-order valence-electron chi connectivity index (χ1n) is 6.00. The smallest absolute Gasteiger partial charge is 0.166 e. The van der Waals surface area contributed by atoms with Gasteiger partial charge in [0, 0.05) is 5.69 Å². The molecule has 2 atom stereocenters. The number of rotatable bonds is 7. The molecule has 0 spiro atoms. The fourth-order valence-electron chi connectivity index (χ4n) is 1.56. The van der Waals surface area contributed by atoms with E-state index in [-0.39, 0.29) is 18.0 Å². The lowest BCUT2D eigenvalue weighted by molar-refractivity contribution is -0.117. The van der Waals surface area contributed by atoms with Crippen LogP contribution >= 0.6 is 11.6 Å². The van der Waals surface area contributed by atoms with Crippen LogP contribution in [0.3, 0.4) is 0 Å². The molecule has 1 rings (SSSR count). The average Bonchev–Trinajstić information content (AvgIpc) is 2.35. The van der Waals surface area contributed by atoms with Gasteiger partial charge in [-0.1, -0.05) is 18.2 Å². The van der Waals surface area contributed by atoms with Crippen LogP contribution in [0.25, 0.3) is 0 Å². The zero-order valence-electron chi connectivity index (χ0n) is 11.0. The number of nitrogens with one attached hydrogen (secondary N) is 1. The van der Waals surface area contributed by atoms with E-state index in [2.05, 4.69) is 5.32 Å². The second kappa shape index (κ2) is 6.91. The number of carbonyl (C=O) groups is 1. The van der Waals surface area contributed by atoms with Crippen molar-refractivity contribution in [3.8, 4) is 0 Å². The molecule has 0 saturated carbocycles. The van der Waals surface area contributed by atoms with Crippen LogP contribution in [0.2, 0.25) is 0 Å². The van der Waals surface area contributed by atoms with Crippen molar-refractivity contribution in [1.29, 1.82) is 0 Å². The van der Waals surface area contributed by atoms with E-state index in [9.17, 15) is 13.2 Å². The first kappa shape index (κ1) is 16.0. The minimum absolute atomic E-state index is 0.0960. The topological polar surface area (TPSA) is 63.2 Å². The van der Waals surface area contributed by atoms with Gasteiger partial charge >= 0.3 is 0 Å². The second-order valence-corrected chi connectivity index (χ2v) is 7.73. The molecule has 1 aromatic rings. The molecule has 0 aliphatic rings. The number of anilines is 1. The van der Waals surface area contributed by atoms with Gasteiger partial charge < -0.3 is 5.32 Å². The van der Waals surface area contributed by atoms with Crippen molar-refractivity contribution >= 4 is 32.9 Å². The van der Waals surface area contributed by atoms with E-state index in [1.54, 1.807) is 0 Å². The summed E-state index contributed by atoms with van der Waals surface area (Å²) in [5, 5.41) is 3.03. The number of Topliss-reactive ketones (excluding diaryl/α,β-unsaturated/α-hetero) is 1. The first-order valence-corrected chi connectivity index (χ1v) is 8.16. The molecule has 4 nitrogen and oxygen atoms in total. The van der Waals surface area contributed by atoms with E-state index in [0.29, 0.717) is 0 Å². The van der Waals surface area contributed by atoms with Crippen LogP contribution in [-0.2, 0) is 14.6 Å². The van der Waals surface area contributed by atoms with E-state index >= 15 is 0 Å². The minimum atomic E-state index is -3.35. The van der Waals surface area contributed by atoms with Crippen LogP contribution in [0.5, 0.6) is 0 Å². The zero-order chi connectivity index (χ0) is 14.5. The fourth-order valence-corrected chi connectivity index (χ4v) is 2.71. The van der Waals surface area contributed by atoms with Gasteiger partial charge in [-0.05, 0) is 32.4 Å². The van der Waals surface area contributed by atoms with E-state index in [0.717, 1.165) is 5.69 Å². The molecule has 106 valence electrons. The van der Waals surface area contributed by atoms with Crippen molar-refractivity contribution in [1.82, 2.24) is 0 Å². The Bertz CT molecular complexity index is 514. The van der Waals surface area contributed by atoms with Crippen LogP contribution in [-0.4, -0.2) is 30.7 Å². The van der Waals surface area contributed by atoms with E-state index in [1.807, 2.05) is 30.3 Å².